The second kappa shape index (κ2) is 7.68. The zero-order chi connectivity index (χ0) is 17.0. The summed E-state index contributed by atoms with van der Waals surface area (Å²) in [6.45, 7) is 1.59. The quantitative estimate of drug-likeness (QED) is 0.764. The Kier molecular flexibility index (Phi) is 6.11. The van der Waals surface area contributed by atoms with Gasteiger partial charge in [0.15, 0.2) is 0 Å². The van der Waals surface area contributed by atoms with E-state index in [9.17, 15) is 13.5 Å². The van der Waals surface area contributed by atoms with Crippen molar-refractivity contribution in [3.05, 3.63) is 58.6 Å². The average molecular weight is 372 g/mol. The molecule has 0 fully saturated rings. The molecule has 0 aromatic heterocycles. The van der Waals surface area contributed by atoms with Crippen LogP contribution < -0.4 is 4.72 Å². The van der Waals surface area contributed by atoms with Crippen LogP contribution in [0.15, 0.2) is 52.3 Å². The van der Waals surface area contributed by atoms with Gasteiger partial charge in [0.2, 0.25) is 10.0 Å². The Labute approximate surface area is 145 Å². The van der Waals surface area contributed by atoms with Crippen LogP contribution in [-0.2, 0) is 10.0 Å². The number of halogens is 1. The van der Waals surface area contributed by atoms with Crippen LogP contribution in [0, 0.1) is 6.92 Å². The summed E-state index contributed by atoms with van der Waals surface area (Å²) in [6, 6.07) is 12.0. The third-order valence-electron chi connectivity index (χ3n) is 3.41. The Bertz CT molecular complexity index is 776. The Morgan fingerprint density at radius 1 is 1.22 bits per heavy atom. The van der Waals surface area contributed by atoms with Gasteiger partial charge in [-0.1, -0.05) is 29.8 Å². The molecule has 0 radical (unpaired) electrons. The molecule has 4 nitrogen and oxygen atoms in total. The van der Waals surface area contributed by atoms with E-state index in [1.807, 2.05) is 18.4 Å². The molecule has 0 bridgehead atoms. The van der Waals surface area contributed by atoms with Gasteiger partial charge in [0, 0.05) is 16.5 Å². The Hall–Kier alpha value is -1.05. The van der Waals surface area contributed by atoms with Crippen molar-refractivity contribution in [2.45, 2.75) is 22.8 Å². The number of thioether (sulfide) groups is 1. The standard InChI is InChI=1S/C16H18ClNO3S2/c1-11-3-6-13(17)9-16(11)23(20,21)18-10-15(19)12-4-7-14(22-2)8-5-12/h3-9,15,18-19H,10H2,1-2H3/t15-/m0/s1. The van der Waals surface area contributed by atoms with Gasteiger partial charge in [-0.05, 0) is 48.6 Å². The molecule has 0 saturated carbocycles. The summed E-state index contributed by atoms with van der Waals surface area (Å²) in [7, 11) is -3.73. The highest BCUT2D eigenvalue weighted by atomic mass is 35.5. The highest BCUT2D eigenvalue weighted by Gasteiger charge is 2.19. The van der Waals surface area contributed by atoms with Crippen LogP contribution in [0.2, 0.25) is 5.02 Å². The predicted octanol–water partition coefficient (Wildman–Crippen LogP) is 3.38. The smallest absolute Gasteiger partial charge is 0.240 e. The van der Waals surface area contributed by atoms with Crippen molar-refractivity contribution < 1.29 is 13.5 Å². The average Bonchev–Trinajstić information content (AvgIpc) is 2.55. The van der Waals surface area contributed by atoms with Crippen LogP contribution in [0.4, 0.5) is 0 Å². The van der Waals surface area contributed by atoms with Crippen LogP contribution in [0.3, 0.4) is 0 Å². The lowest BCUT2D eigenvalue weighted by molar-refractivity contribution is 0.182. The van der Waals surface area contributed by atoms with E-state index in [1.54, 1.807) is 43.0 Å². The minimum atomic E-state index is -3.73. The highest BCUT2D eigenvalue weighted by molar-refractivity contribution is 7.98. The fraction of sp³-hybridized carbons (Fsp3) is 0.250. The number of rotatable bonds is 6. The number of aliphatic hydroxyl groups is 1. The third-order valence-corrected chi connectivity index (χ3v) is 5.95. The molecule has 2 aromatic rings. The maximum absolute atomic E-state index is 12.4. The van der Waals surface area contributed by atoms with Crippen LogP contribution in [0.25, 0.3) is 0 Å². The Morgan fingerprint density at radius 3 is 2.48 bits per heavy atom. The zero-order valence-electron chi connectivity index (χ0n) is 12.8. The van der Waals surface area contributed by atoms with Crippen molar-refractivity contribution in [3.63, 3.8) is 0 Å². The van der Waals surface area contributed by atoms with Gasteiger partial charge in [-0.15, -0.1) is 11.8 Å². The minimum absolute atomic E-state index is 0.104. The minimum Gasteiger partial charge on any atom is -0.387 e. The normalized spacial score (nSPS) is 13.0. The Morgan fingerprint density at radius 2 is 1.87 bits per heavy atom. The van der Waals surface area contributed by atoms with Gasteiger partial charge in [-0.25, -0.2) is 13.1 Å². The van der Waals surface area contributed by atoms with Gasteiger partial charge in [-0.2, -0.15) is 0 Å². The molecule has 2 rings (SSSR count). The van der Waals surface area contributed by atoms with Gasteiger partial charge < -0.3 is 5.11 Å². The SMILES string of the molecule is CSc1ccc([C@@H](O)CNS(=O)(=O)c2cc(Cl)ccc2C)cc1. The van der Waals surface area contributed by atoms with Crippen molar-refractivity contribution in [1.82, 2.24) is 4.72 Å². The summed E-state index contributed by atoms with van der Waals surface area (Å²) in [4.78, 5) is 1.20. The maximum Gasteiger partial charge on any atom is 0.240 e. The van der Waals surface area contributed by atoms with Crippen molar-refractivity contribution in [1.29, 1.82) is 0 Å². The Balaban J connectivity index is 2.10. The molecule has 1 atom stereocenters. The number of hydrogen-bond donors (Lipinski definition) is 2. The molecule has 23 heavy (non-hydrogen) atoms. The van der Waals surface area contributed by atoms with E-state index in [-0.39, 0.29) is 11.4 Å². The lowest BCUT2D eigenvalue weighted by Crippen LogP contribution is -2.29. The van der Waals surface area contributed by atoms with Crippen molar-refractivity contribution in [2.24, 2.45) is 0 Å². The van der Waals surface area contributed by atoms with Crippen LogP contribution >= 0.6 is 23.4 Å². The molecule has 0 amide bonds. The van der Waals surface area contributed by atoms with E-state index in [0.717, 1.165) is 4.90 Å². The molecular formula is C16H18ClNO3S2. The first-order valence-corrected chi connectivity index (χ1v) is 10.00. The summed E-state index contributed by atoms with van der Waals surface area (Å²) in [5.74, 6) is 0. The van der Waals surface area contributed by atoms with Crippen LogP contribution in [0.5, 0.6) is 0 Å². The molecular weight excluding hydrogens is 354 g/mol. The van der Waals surface area contributed by atoms with Gasteiger partial charge in [0.25, 0.3) is 0 Å². The van der Waals surface area contributed by atoms with E-state index in [1.165, 1.54) is 6.07 Å². The van der Waals surface area contributed by atoms with Gasteiger partial charge in [-0.3, -0.25) is 0 Å². The molecule has 0 aliphatic rings. The van der Waals surface area contributed by atoms with E-state index in [0.29, 0.717) is 16.1 Å². The summed E-state index contributed by atoms with van der Waals surface area (Å²) in [5.41, 5.74) is 1.26. The number of nitrogens with one attached hydrogen (secondary N) is 1. The van der Waals surface area contributed by atoms with E-state index < -0.39 is 16.1 Å². The monoisotopic (exact) mass is 371 g/mol. The fourth-order valence-corrected chi connectivity index (χ4v) is 4.03. The second-order valence-electron chi connectivity index (χ2n) is 5.05. The lowest BCUT2D eigenvalue weighted by Gasteiger charge is -2.14. The van der Waals surface area contributed by atoms with Crippen molar-refractivity contribution in [3.8, 4) is 0 Å². The number of aryl methyl sites for hydroxylation is 1. The first-order valence-electron chi connectivity index (χ1n) is 6.91. The molecule has 2 aromatic carbocycles. The first kappa shape index (κ1) is 18.3. The second-order valence-corrected chi connectivity index (χ2v) is 8.10. The van der Waals surface area contributed by atoms with Gasteiger partial charge in [0.1, 0.15) is 0 Å². The molecule has 0 aliphatic carbocycles. The largest absolute Gasteiger partial charge is 0.387 e. The molecule has 0 spiro atoms. The molecule has 2 N–H and O–H groups in total. The first-order chi connectivity index (χ1) is 10.8. The summed E-state index contributed by atoms with van der Waals surface area (Å²) >= 11 is 7.47. The third kappa shape index (κ3) is 4.71. The summed E-state index contributed by atoms with van der Waals surface area (Å²) < 4.78 is 27.1. The number of sulfonamides is 1. The van der Waals surface area contributed by atoms with Gasteiger partial charge in [0.05, 0.1) is 11.0 Å². The summed E-state index contributed by atoms with van der Waals surface area (Å²) in [5, 5.41) is 10.5. The number of aliphatic hydroxyl groups excluding tert-OH is 1. The summed E-state index contributed by atoms with van der Waals surface area (Å²) in [6.07, 6.45) is 1.05. The molecule has 7 heteroatoms. The number of benzene rings is 2. The van der Waals surface area contributed by atoms with E-state index in [2.05, 4.69) is 4.72 Å². The number of hydrogen-bond acceptors (Lipinski definition) is 4. The topological polar surface area (TPSA) is 66.4 Å². The van der Waals surface area contributed by atoms with Crippen molar-refractivity contribution in [2.75, 3.05) is 12.8 Å². The van der Waals surface area contributed by atoms with Crippen LogP contribution in [0.1, 0.15) is 17.2 Å². The maximum atomic E-state index is 12.4. The molecule has 124 valence electrons. The molecule has 0 aliphatic heterocycles. The fourth-order valence-electron chi connectivity index (χ4n) is 2.07. The zero-order valence-corrected chi connectivity index (χ0v) is 15.2. The molecule has 0 saturated heterocycles. The van der Waals surface area contributed by atoms with Crippen molar-refractivity contribution >= 4 is 33.4 Å². The molecule has 0 heterocycles. The predicted molar refractivity (Wildman–Crippen MR) is 94.6 cm³/mol. The van der Waals surface area contributed by atoms with Gasteiger partial charge >= 0.3 is 0 Å². The molecule has 0 unspecified atom stereocenters. The van der Waals surface area contributed by atoms with Crippen LogP contribution in [-0.4, -0.2) is 26.3 Å². The lowest BCUT2D eigenvalue weighted by atomic mass is 10.1. The highest BCUT2D eigenvalue weighted by Crippen LogP contribution is 2.22. The van der Waals surface area contributed by atoms with E-state index >= 15 is 0 Å². The van der Waals surface area contributed by atoms with E-state index in [4.69, 9.17) is 11.6 Å².